The Balaban J connectivity index is 0.00000306. The van der Waals surface area contributed by atoms with Crippen LogP contribution in [-0.2, 0) is 6.54 Å². The van der Waals surface area contributed by atoms with E-state index in [1.807, 2.05) is 36.1 Å². The predicted molar refractivity (Wildman–Crippen MR) is 144 cm³/mol. The fraction of sp³-hybridized carbons (Fsp3) is 0.360. The maximum Gasteiger partial charge on any atom is 0.191 e. The van der Waals surface area contributed by atoms with Gasteiger partial charge in [-0.25, -0.2) is 4.68 Å². The Morgan fingerprint density at radius 3 is 2.48 bits per heavy atom. The van der Waals surface area contributed by atoms with E-state index in [0.717, 1.165) is 37.0 Å². The lowest BCUT2D eigenvalue weighted by Crippen LogP contribution is -2.42. The molecule has 0 bridgehead atoms. The molecule has 2 heterocycles. The zero-order valence-corrected chi connectivity index (χ0v) is 21.6. The van der Waals surface area contributed by atoms with Crippen LogP contribution in [0.5, 0.6) is 5.75 Å². The number of aliphatic imine (C=N–C) groups is 1. The van der Waals surface area contributed by atoms with Gasteiger partial charge in [-0.3, -0.25) is 9.89 Å². The Hall–Kier alpha value is -2.59. The monoisotopic (exact) mass is 560 g/mol. The van der Waals surface area contributed by atoms with Crippen LogP contribution in [0.3, 0.4) is 0 Å². The third-order valence-electron chi connectivity index (χ3n) is 5.93. The first-order chi connectivity index (χ1) is 15.8. The Labute approximate surface area is 213 Å². The largest absolute Gasteiger partial charge is 0.496 e. The molecule has 0 aliphatic carbocycles. The van der Waals surface area contributed by atoms with E-state index in [1.165, 1.54) is 24.0 Å². The highest BCUT2D eigenvalue weighted by Crippen LogP contribution is 2.31. The zero-order valence-electron chi connectivity index (χ0n) is 19.3. The van der Waals surface area contributed by atoms with Crippen LogP contribution in [0.4, 0.5) is 0 Å². The molecule has 1 aromatic heterocycles. The van der Waals surface area contributed by atoms with Crippen molar-refractivity contribution in [3.05, 3.63) is 78.1 Å². The smallest absolute Gasteiger partial charge is 0.191 e. The van der Waals surface area contributed by atoms with E-state index in [-0.39, 0.29) is 30.0 Å². The van der Waals surface area contributed by atoms with Crippen LogP contribution in [0, 0.1) is 0 Å². The summed E-state index contributed by atoms with van der Waals surface area (Å²) in [5.74, 6) is 1.73. The minimum absolute atomic E-state index is 0. The summed E-state index contributed by atoms with van der Waals surface area (Å²) in [5.41, 5.74) is 3.45. The highest BCUT2D eigenvalue weighted by atomic mass is 127. The molecule has 33 heavy (non-hydrogen) atoms. The number of para-hydroxylation sites is 1. The first-order valence-corrected chi connectivity index (χ1v) is 11.2. The van der Waals surface area contributed by atoms with Crippen molar-refractivity contribution < 1.29 is 4.74 Å². The normalized spacial score (nSPS) is 15.0. The summed E-state index contributed by atoms with van der Waals surface area (Å²) in [4.78, 5) is 6.96. The lowest BCUT2D eigenvalue weighted by atomic mass is 10.0. The number of likely N-dealkylation sites (tertiary alicyclic amines) is 1. The van der Waals surface area contributed by atoms with Crippen molar-refractivity contribution in [2.75, 3.05) is 33.8 Å². The SMILES string of the molecule is CN=C(NCc1ccc(-n2cccn2)cc1)NCC(c1ccccc1OC)N1CCCC1.I. The number of ether oxygens (including phenoxy) is 1. The fourth-order valence-electron chi connectivity index (χ4n) is 4.22. The molecule has 1 aliphatic rings. The van der Waals surface area contributed by atoms with Crippen LogP contribution in [0.15, 0.2) is 72.0 Å². The molecule has 3 aromatic rings. The van der Waals surface area contributed by atoms with Gasteiger partial charge in [-0.15, -0.1) is 24.0 Å². The van der Waals surface area contributed by atoms with Crippen LogP contribution in [0.1, 0.15) is 30.0 Å². The van der Waals surface area contributed by atoms with Gasteiger partial charge in [0.25, 0.3) is 0 Å². The second-order valence-electron chi connectivity index (χ2n) is 7.92. The minimum Gasteiger partial charge on any atom is -0.496 e. The summed E-state index contributed by atoms with van der Waals surface area (Å²) < 4.78 is 7.51. The highest BCUT2D eigenvalue weighted by Gasteiger charge is 2.26. The van der Waals surface area contributed by atoms with Crippen LogP contribution in [-0.4, -0.2) is 54.4 Å². The molecule has 0 radical (unpaired) electrons. The molecule has 0 amide bonds. The zero-order chi connectivity index (χ0) is 22.2. The first kappa shape index (κ1) is 25.0. The van der Waals surface area contributed by atoms with Gasteiger partial charge in [-0.1, -0.05) is 30.3 Å². The fourth-order valence-corrected chi connectivity index (χ4v) is 4.22. The van der Waals surface area contributed by atoms with E-state index in [1.54, 1.807) is 13.3 Å². The number of guanidine groups is 1. The molecule has 1 unspecified atom stereocenters. The number of hydrogen-bond acceptors (Lipinski definition) is 4. The van der Waals surface area contributed by atoms with E-state index in [4.69, 9.17) is 4.74 Å². The maximum atomic E-state index is 5.65. The third-order valence-corrected chi connectivity index (χ3v) is 5.93. The third kappa shape index (κ3) is 6.48. The molecule has 0 saturated carbocycles. The van der Waals surface area contributed by atoms with Gasteiger partial charge in [0, 0.05) is 38.1 Å². The summed E-state index contributed by atoms with van der Waals surface area (Å²) in [6.45, 7) is 3.68. The molecular weight excluding hydrogens is 527 g/mol. The summed E-state index contributed by atoms with van der Waals surface area (Å²) in [5, 5.41) is 11.2. The minimum atomic E-state index is 0. The number of benzene rings is 2. The van der Waals surface area contributed by atoms with Crippen LogP contribution >= 0.6 is 24.0 Å². The van der Waals surface area contributed by atoms with Crippen molar-refractivity contribution >= 4 is 29.9 Å². The van der Waals surface area contributed by atoms with Crippen molar-refractivity contribution in [3.8, 4) is 11.4 Å². The summed E-state index contributed by atoms with van der Waals surface area (Å²) in [6.07, 6.45) is 6.21. The van der Waals surface area contributed by atoms with Gasteiger partial charge in [-0.05, 0) is 55.8 Å². The molecule has 8 heteroatoms. The topological polar surface area (TPSA) is 66.7 Å². The van der Waals surface area contributed by atoms with Crippen molar-refractivity contribution in [2.45, 2.75) is 25.4 Å². The lowest BCUT2D eigenvalue weighted by molar-refractivity contribution is 0.239. The van der Waals surface area contributed by atoms with Gasteiger partial charge in [0.2, 0.25) is 0 Å². The average molecular weight is 560 g/mol. The standard InChI is InChI=1S/C25H32N6O.HI/c1-26-25(27-18-20-10-12-21(13-11-20)31-17-7-14-29-31)28-19-23(30-15-5-6-16-30)22-8-3-4-9-24(22)32-2;/h3-4,7-14,17,23H,5-6,15-16,18-19H2,1-2H3,(H2,26,27,28);1H. The van der Waals surface area contributed by atoms with E-state index >= 15 is 0 Å². The van der Waals surface area contributed by atoms with Gasteiger partial charge in [0.1, 0.15) is 5.75 Å². The van der Waals surface area contributed by atoms with E-state index in [9.17, 15) is 0 Å². The van der Waals surface area contributed by atoms with Gasteiger partial charge < -0.3 is 15.4 Å². The van der Waals surface area contributed by atoms with Crippen LogP contribution in [0.25, 0.3) is 5.69 Å². The second kappa shape index (κ2) is 12.6. The van der Waals surface area contributed by atoms with Crippen molar-refractivity contribution in [3.63, 3.8) is 0 Å². The molecular formula is C25H33IN6O. The molecule has 1 aliphatic heterocycles. The summed E-state index contributed by atoms with van der Waals surface area (Å²) in [7, 11) is 3.55. The molecule has 1 atom stereocenters. The van der Waals surface area contributed by atoms with Gasteiger partial charge in [0.05, 0.1) is 18.8 Å². The van der Waals surface area contributed by atoms with Crippen LogP contribution < -0.4 is 15.4 Å². The molecule has 1 fully saturated rings. The Bertz CT molecular complexity index is 1000. The van der Waals surface area contributed by atoms with Gasteiger partial charge >= 0.3 is 0 Å². The Kier molecular flexibility index (Phi) is 9.56. The highest BCUT2D eigenvalue weighted by molar-refractivity contribution is 14.0. The number of rotatable bonds is 8. The lowest BCUT2D eigenvalue weighted by Gasteiger charge is -2.30. The number of halogens is 1. The Morgan fingerprint density at radius 1 is 1.06 bits per heavy atom. The number of nitrogens with zero attached hydrogens (tertiary/aromatic N) is 4. The first-order valence-electron chi connectivity index (χ1n) is 11.2. The van der Waals surface area contributed by atoms with E-state index in [2.05, 4.69) is 62.0 Å². The summed E-state index contributed by atoms with van der Waals surface area (Å²) in [6, 6.07) is 18.8. The van der Waals surface area contributed by atoms with Crippen molar-refractivity contribution in [1.82, 2.24) is 25.3 Å². The van der Waals surface area contributed by atoms with E-state index in [0.29, 0.717) is 6.54 Å². The molecule has 7 nitrogen and oxygen atoms in total. The molecule has 1 saturated heterocycles. The molecule has 2 aromatic carbocycles. The second-order valence-corrected chi connectivity index (χ2v) is 7.92. The van der Waals surface area contributed by atoms with Gasteiger partial charge in [0.15, 0.2) is 5.96 Å². The van der Waals surface area contributed by atoms with Crippen molar-refractivity contribution in [1.29, 1.82) is 0 Å². The van der Waals surface area contributed by atoms with Crippen LogP contribution in [0.2, 0.25) is 0 Å². The van der Waals surface area contributed by atoms with Crippen molar-refractivity contribution in [2.24, 2.45) is 4.99 Å². The summed E-state index contributed by atoms with van der Waals surface area (Å²) >= 11 is 0. The number of aromatic nitrogens is 2. The predicted octanol–water partition coefficient (Wildman–Crippen LogP) is 4.00. The molecule has 2 N–H and O–H groups in total. The molecule has 176 valence electrons. The average Bonchev–Trinajstić information content (AvgIpc) is 3.57. The quantitative estimate of drug-likeness (QED) is 0.248. The number of hydrogen-bond donors (Lipinski definition) is 2. The maximum absolute atomic E-state index is 5.65. The number of nitrogens with one attached hydrogen (secondary N) is 2. The molecule has 4 rings (SSSR count). The van der Waals surface area contributed by atoms with Gasteiger partial charge in [-0.2, -0.15) is 5.10 Å². The Morgan fingerprint density at radius 2 is 1.82 bits per heavy atom. The molecule has 0 spiro atoms. The van der Waals surface area contributed by atoms with E-state index < -0.39 is 0 Å². The number of methoxy groups -OCH3 is 1.